The molecule has 2 aromatic rings. The number of hydrogen-bond donors (Lipinski definition) is 1. The summed E-state index contributed by atoms with van der Waals surface area (Å²) in [7, 11) is 0. The summed E-state index contributed by atoms with van der Waals surface area (Å²) in [5.41, 5.74) is 6.29. The minimum Gasteiger partial charge on any atom is -0.491 e. The minimum absolute atomic E-state index is 0.0206. The van der Waals surface area contributed by atoms with Crippen molar-refractivity contribution >= 4 is 21.6 Å². The van der Waals surface area contributed by atoms with Gasteiger partial charge in [0.25, 0.3) is 0 Å². The van der Waals surface area contributed by atoms with Crippen molar-refractivity contribution in [3.8, 4) is 17.2 Å². The molecule has 0 heterocycles. The van der Waals surface area contributed by atoms with Crippen molar-refractivity contribution in [1.82, 2.24) is 0 Å². The molecule has 0 saturated heterocycles. The molecule has 0 amide bonds. The Balaban J connectivity index is 2.28. The highest BCUT2D eigenvalue weighted by atomic mass is 79.9. The number of hydrogen-bond acceptors (Lipinski definition) is 3. The fraction of sp³-hybridized carbons (Fsp3) is 0.200. The van der Waals surface area contributed by atoms with Crippen LogP contribution in [0, 0.1) is 5.82 Å². The molecule has 5 heteroatoms. The fourth-order valence-corrected chi connectivity index (χ4v) is 2.02. The van der Waals surface area contributed by atoms with E-state index < -0.39 is 5.82 Å². The van der Waals surface area contributed by atoms with Crippen LogP contribution >= 0.6 is 15.9 Å². The van der Waals surface area contributed by atoms with Crippen LogP contribution in [0.25, 0.3) is 0 Å². The molecule has 0 atom stereocenters. The van der Waals surface area contributed by atoms with E-state index in [1.54, 1.807) is 30.3 Å². The van der Waals surface area contributed by atoms with Crippen molar-refractivity contribution < 1.29 is 13.9 Å². The number of nitrogens with two attached hydrogens (primary N) is 1. The molecule has 106 valence electrons. The van der Waals surface area contributed by atoms with Crippen molar-refractivity contribution in [2.24, 2.45) is 0 Å². The standard InChI is InChI=1S/C15H15BrFNO2/c1-9(2)19-12-6-11(18)7-13(8-12)20-15-5-10(16)3-4-14(15)17/h3-9H,18H2,1-2H3. The monoisotopic (exact) mass is 339 g/mol. The first-order chi connectivity index (χ1) is 9.44. The quantitative estimate of drug-likeness (QED) is 0.817. The van der Waals surface area contributed by atoms with E-state index in [1.165, 1.54) is 6.07 Å². The van der Waals surface area contributed by atoms with Gasteiger partial charge < -0.3 is 15.2 Å². The van der Waals surface area contributed by atoms with Gasteiger partial charge >= 0.3 is 0 Å². The molecule has 0 aliphatic carbocycles. The lowest BCUT2D eigenvalue weighted by molar-refractivity contribution is 0.241. The lowest BCUT2D eigenvalue weighted by atomic mass is 10.2. The molecule has 3 nitrogen and oxygen atoms in total. The average molecular weight is 340 g/mol. The molecule has 2 aromatic carbocycles. The molecule has 2 rings (SSSR count). The van der Waals surface area contributed by atoms with E-state index in [0.717, 1.165) is 4.47 Å². The van der Waals surface area contributed by atoms with Crippen LogP contribution in [-0.2, 0) is 0 Å². The summed E-state index contributed by atoms with van der Waals surface area (Å²) in [5, 5.41) is 0. The SMILES string of the molecule is CC(C)Oc1cc(N)cc(Oc2cc(Br)ccc2F)c1. The van der Waals surface area contributed by atoms with Crippen molar-refractivity contribution in [3.63, 3.8) is 0 Å². The van der Waals surface area contributed by atoms with Crippen LogP contribution in [0.15, 0.2) is 40.9 Å². The smallest absolute Gasteiger partial charge is 0.165 e. The second kappa shape index (κ2) is 6.13. The van der Waals surface area contributed by atoms with E-state index in [1.807, 2.05) is 13.8 Å². The van der Waals surface area contributed by atoms with Gasteiger partial charge in [-0.1, -0.05) is 15.9 Å². The molecular formula is C15H15BrFNO2. The molecule has 0 spiro atoms. The number of nitrogen functional groups attached to an aromatic ring is 1. The maximum absolute atomic E-state index is 13.7. The van der Waals surface area contributed by atoms with E-state index in [-0.39, 0.29) is 11.9 Å². The summed E-state index contributed by atoms with van der Waals surface area (Å²) >= 11 is 3.28. The summed E-state index contributed by atoms with van der Waals surface area (Å²) in [6, 6.07) is 9.49. The largest absolute Gasteiger partial charge is 0.491 e. The van der Waals surface area contributed by atoms with Crippen LogP contribution in [0.4, 0.5) is 10.1 Å². The van der Waals surface area contributed by atoms with Gasteiger partial charge in [-0.05, 0) is 32.0 Å². The molecule has 0 aliphatic heterocycles. The Kier molecular flexibility index (Phi) is 4.49. The highest BCUT2D eigenvalue weighted by molar-refractivity contribution is 9.10. The number of halogens is 2. The van der Waals surface area contributed by atoms with Crippen LogP contribution in [0.2, 0.25) is 0 Å². The van der Waals surface area contributed by atoms with Crippen molar-refractivity contribution in [3.05, 3.63) is 46.7 Å². The van der Waals surface area contributed by atoms with Gasteiger partial charge in [0.2, 0.25) is 0 Å². The van der Waals surface area contributed by atoms with Gasteiger partial charge in [0, 0.05) is 28.4 Å². The van der Waals surface area contributed by atoms with E-state index in [0.29, 0.717) is 17.2 Å². The first-order valence-electron chi connectivity index (χ1n) is 6.14. The molecule has 2 N–H and O–H groups in total. The zero-order chi connectivity index (χ0) is 14.7. The van der Waals surface area contributed by atoms with E-state index in [4.69, 9.17) is 15.2 Å². The fourth-order valence-electron chi connectivity index (χ4n) is 1.68. The van der Waals surface area contributed by atoms with Crippen LogP contribution in [-0.4, -0.2) is 6.10 Å². The molecule has 0 aliphatic rings. The lowest BCUT2D eigenvalue weighted by Crippen LogP contribution is -2.06. The summed E-state index contributed by atoms with van der Waals surface area (Å²) < 4.78 is 25.5. The van der Waals surface area contributed by atoms with Crippen LogP contribution < -0.4 is 15.2 Å². The maximum atomic E-state index is 13.7. The third-order valence-electron chi connectivity index (χ3n) is 2.40. The molecule has 20 heavy (non-hydrogen) atoms. The average Bonchev–Trinajstić information content (AvgIpc) is 2.32. The lowest BCUT2D eigenvalue weighted by Gasteiger charge is -2.13. The number of anilines is 1. The topological polar surface area (TPSA) is 44.5 Å². The van der Waals surface area contributed by atoms with E-state index in [2.05, 4.69) is 15.9 Å². The normalized spacial score (nSPS) is 10.7. The first-order valence-corrected chi connectivity index (χ1v) is 6.93. The molecule has 0 fully saturated rings. The molecule has 0 unspecified atom stereocenters. The van der Waals surface area contributed by atoms with Crippen LogP contribution in [0.3, 0.4) is 0 Å². The van der Waals surface area contributed by atoms with Crippen molar-refractivity contribution in [1.29, 1.82) is 0 Å². The highest BCUT2D eigenvalue weighted by Gasteiger charge is 2.08. The van der Waals surface area contributed by atoms with Gasteiger partial charge in [-0.2, -0.15) is 0 Å². The Morgan fingerprint density at radius 1 is 1.10 bits per heavy atom. The van der Waals surface area contributed by atoms with Crippen LogP contribution in [0.5, 0.6) is 17.2 Å². The second-order valence-corrected chi connectivity index (χ2v) is 5.50. The molecule has 0 bridgehead atoms. The predicted octanol–water partition coefficient (Wildman–Crippen LogP) is 4.75. The Morgan fingerprint density at radius 2 is 1.80 bits per heavy atom. The second-order valence-electron chi connectivity index (χ2n) is 4.58. The zero-order valence-corrected chi connectivity index (χ0v) is 12.8. The number of ether oxygens (including phenoxy) is 2. The molecule has 0 radical (unpaired) electrons. The summed E-state index contributed by atoms with van der Waals surface area (Å²) in [6.45, 7) is 3.83. The van der Waals surface area contributed by atoms with E-state index in [9.17, 15) is 4.39 Å². The first kappa shape index (κ1) is 14.7. The zero-order valence-electron chi connectivity index (χ0n) is 11.2. The van der Waals surface area contributed by atoms with Crippen molar-refractivity contribution in [2.45, 2.75) is 20.0 Å². The Hall–Kier alpha value is -1.75. The third kappa shape index (κ3) is 3.87. The Labute approximate surface area is 125 Å². The molecular weight excluding hydrogens is 325 g/mol. The van der Waals surface area contributed by atoms with Gasteiger partial charge in [0.15, 0.2) is 11.6 Å². The predicted molar refractivity (Wildman–Crippen MR) is 80.8 cm³/mol. The van der Waals surface area contributed by atoms with Gasteiger partial charge in [-0.3, -0.25) is 0 Å². The minimum atomic E-state index is -0.443. The molecule has 0 saturated carbocycles. The number of benzene rings is 2. The van der Waals surface area contributed by atoms with Gasteiger partial charge in [-0.25, -0.2) is 4.39 Å². The Morgan fingerprint density at radius 3 is 2.50 bits per heavy atom. The van der Waals surface area contributed by atoms with Crippen LogP contribution in [0.1, 0.15) is 13.8 Å². The molecule has 0 aromatic heterocycles. The summed E-state index contributed by atoms with van der Waals surface area (Å²) in [4.78, 5) is 0. The third-order valence-corrected chi connectivity index (χ3v) is 2.89. The van der Waals surface area contributed by atoms with Crippen molar-refractivity contribution in [2.75, 3.05) is 5.73 Å². The van der Waals surface area contributed by atoms with Gasteiger partial charge in [0.1, 0.15) is 11.5 Å². The summed E-state index contributed by atoms with van der Waals surface area (Å²) in [5.74, 6) is 0.700. The number of rotatable bonds is 4. The van der Waals surface area contributed by atoms with Gasteiger partial charge in [0.05, 0.1) is 6.10 Å². The highest BCUT2D eigenvalue weighted by Crippen LogP contribution is 2.31. The maximum Gasteiger partial charge on any atom is 0.165 e. The summed E-state index contributed by atoms with van der Waals surface area (Å²) in [6.07, 6.45) is 0.0206. The van der Waals surface area contributed by atoms with Gasteiger partial charge in [-0.15, -0.1) is 0 Å². The Bertz CT molecular complexity index is 617. The van der Waals surface area contributed by atoms with E-state index >= 15 is 0 Å².